The Kier molecular flexibility index (Phi) is 5.11. The Balaban J connectivity index is 2.12. The lowest BCUT2D eigenvalue weighted by atomic mass is 10.2. The number of anilines is 2. The van der Waals surface area contributed by atoms with Gasteiger partial charge >= 0.3 is 0 Å². The second kappa shape index (κ2) is 7.04. The molecule has 0 bridgehead atoms. The van der Waals surface area contributed by atoms with Crippen LogP contribution in [0.4, 0.5) is 11.4 Å². The molecular formula is C16H16BrN3O. The summed E-state index contributed by atoms with van der Waals surface area (Å²) in [6.45, 7) is 6.27. The van der Waals surface area contributed by atoms with Gasteiger partial charge < -0.3 is 10.6 Å². The highest BCUT2D eigenvalue weighted by Crippen LogP contribution is 2.21. The van der Waals surface area contributed by atoms with Gasteiger partial charge in [0.15, 0.2) is 0 Å². The molecule has 108 valence electrons. The molecule has 0 unspecified atom stereocenters. The molecule has 2 aromatic rings. The average Bonchev–Trinajstić information content (AvgIpc) is 2.49. The Hall–Kier alpha value is -2.14. The molecule has 2 N–H and O–H groups in total. The van der Waals surface area contributed by atoms with E-state index < -0.39 is 0 Å². The van der Waals surface area contributed by atoms with Crippen molar-refractivity contribution in [1.29, 1.82) is 0 Å². The third-order valence-electron chi connectivity index (χ3n) is 2.87. The van der Waals surface area contributed by atoms with E-state index in [0.717, 1.165) is 21.4 Å². The average molecular weight is 346 g/mol. The normalized spacial score (nSPS) is 10.0. The summed E-state index contributed by atoms with van der Waals surface area (Å²) in [4.78, 5) is 16.3. The Bertz CT molecular complexity index is 670. The summed E-state index contributed by atoms with van der Waals surface area (Å²) < 4.78 is 0.953. The van der Waals surface area contributed by atoms with Crippen molar-refractivity contribution in [2.45, 2.75) is 6.92 Å². The zero-order valence-electron chi connectivity index (χ0n) is 11.7. The van der Waals surface area contributed by atoms with Crippen LogP contribution >= 0.6 is 15.9 Å². The second-order valence-electron chi connectivity index (χ2n) is 4.52. The number of amides is 1. The van der Waals surface area contributed by atoms with E-state index in [9.17, 15) is 4.79 Å². The molecule has 1 amide bonds. The number of halogens is 1. The number of hydrogen-bond donors (Lipinski definition) is 2. The number of aromatic nitrogens is 1. The summed E-state index contributed by atoms with van der Waals surface area (Å²) in [5.41, 5.74) is 3.03. The number of pyridine rings is 1. The molecule has 0 fully saturated rings. The van der Waals surface area contributed by atoms with Crippen LogP contribution in [0, 0.1) is 6.92 Å². The minimum Gasteiger partial charge on any atom is -0.381 e. The minimum absolute atomic E-state index is 0.243. The first-order valence-corrected chi connectivity index (χ1v) is 7.28. The fourth-order valence-electron chi connectivity index (χ4n) is 1.72. The van der Waals surface area contributed by atoms with Crippen LogP contribution in [-0.4, -0.2) is 17.4 Å². The van der Waals surface area contributed by atoms with Crippen LogP contribution in [0.2, 0.25) is 0 Å². The summed E-state index contributed by atoms with van der Waals surface area (Å²) in [5.74, 6) is -0.243. The van der Waals surface area contributed by atoms with Gasteiger partial charge in [0.05, 0.1) is 0 Å². The minimum atomic E-state index is -0.243. The number of nitrogens with zero attached hydrogens (tertiary/aromatic N) is 1. The van der Waals surface area contributed by atoms with E-state index >= 15 is 0 Å². The lowest BCUT2D eigenvalue weighted by molar-refractivity contribution is 0.102. The van der Waals surface area contributed by atoms with Crippen molar-refractivity contribution < 1.29 is 4.79 Å². The van der Waals surface area contributed by atoms with Crippen LogP contribution in [0.15, 0.2) is 53.7 Å². The van der Waals surface area contributed by atoms with Gasteiger partial charge in [-0.25, -0.2) is 0 Å². The van der Waals surface area contributed by atoms with Gasteiger partial charge in [0.25, 0.3) is 5.91 Å². The molecule has 0 aliphatic carbocycles. The Morgan fingerprint density at radius 2 is 2.14 bits per heavy atom. The molecule has 1 heterocycles. The number of nitrogens with one attached hydrogen (secondary N) is 2. The summed E-state index contributed by atoms with van der Waals surface area (Å²) in [5, 5.41) is 5.95. The van der Waals surface area contributed by atoms with E-state index in [2.05, 4.69) is 38.1 Å². The molecule has 2 rings (SSSR count). The molecule has 1 aromatic heterocycles. The highest BCUT2D eigenvalue weighted by molar-refractivity contribution is 9.10. The maximum Gasteiger partial charge on any atom is 0.274 e. The maximum atomic E-state index is 12.2. The molecule has 1 aromatic carbocycles. The van der Waals surface area contributed by atoms with Crippen LogP contribution in [0.5, 0.6) is 0 Å². The topological polar surface area (TPSA) is 54.0 Å². The monoisotopic (exact) mass is 345 g/mol. The van der Waals surface area contributed by atoms with Gasteiger partial charge in [0, 0.05) is 28.6 Å². The van der Waals surface area contributed by atoms with Crippen LogP contribution in [0.25, 0.3) is 0 Å². The largest absolute Gasteiger partial charge is 0.381 e. The van der Waals surface area contributed by atoms with E-state index in [1.807, 2.05) is 31.2 Å². The number of carbonyl (C=O) groups is 1. The Morgan fingerprint density at radius 1 is 1.33 bits per heavy atom. The quantitative estimate of drug-likeness (QED) is 0.805. The predicted octanol–water partition coefficient (Wildman–Crippen LogP) is 4.00. The van der Waals surface area contributed by atoms with Gasteiger partial charge in [-0.15, -0.1) is 6.58 Å². The van der Waals surface area contributed by atoms with Gasteiger partial charge in [-0.2, -0.15) is 0 Å². The molecule has 5 heteroatoms. The van der Waals surface area contributed by atoms with Crippen molar-refractivity contribution in [2.24, 2.45) is 0 Å². The van der Waals surface area contributed by atoms with E-state index in [1.165, 1.54) is 0 Å². The van der Waals surface area contributed by atoms with Gasteiger partial charge in [-0.3, -0.25) is 9.78 Å². The maximum absolute atomic E-state index is 12.2. The lowest BCUT2D eigenvalue weighted by Crippen LogP contribution is -2.14. The van der Waals surface area contributed by atoms with Crippen LogP contribution in [0.1, 0.15) is 16.1 Å². The van der Waals surface area contributed by atoms with Crippen molar-refractivity contribution in [3.05, 3.63) is 64.9 Å². The summed E-state index contributed by atoms with van der Waals surface area (Å²) in [6.07, 6.45) is 3.36. The fraction of sp³-hybridized carbons (Fsp3) is 0.125. The zero-order chi connectivity index (χ0) is 15.2. The molecule has 0 atom stereocenters. The third kappa shape index (κ3) is 4.16. The Labute approximate surface area is 132 Å². The van der Waals surface area contributed by atoms with Gasteiger partial charge in [0.2, 0.25) is 0 Å². The molecule has 0 aliphatic rings. The molecule has 0 saturated carbocycles. The highest BCUT2D eigenvalue weighted by Gasteiger charge is 2.09. The summed E-state index contributed by atoms with van der Waals surface area (Å²) >= 11 is 3.45. The molecule has 0 spiro atoms. The first kappa shape index (κ1) is 15.3. The molecule has 0 saturated heterocycles. The smallest absolute Gasteiger partial charge is 0.274 e. The number of hydrogen-bond acceptors (Lipinski definition) is 3. The molecule has 0 radical (unpaired) electrons. The number of rotatable bonds is 5. The van der Waals surface area contributed by atoms with E-state index in [1.54, 1.807) is 18.3 Å². The van der Waals surface area contributed by atoms with Crippen molar-refractivity contribution in [3.63, 3.8) is 0 Å². The second-order valence-corrected chi connectivity index (χ2v) is 5.37. The number of aryl methyl sites for hydroxylation is 1. The number of benzene rings is 1. The number of carbonyl (C=O) groups excluding carboxylic acids is 1. The van der Waals surface area contributed by atoms with Crippen molar-refractivity contribution in [1.82, 2.24) is 4.98 Å². The van der Waals surface area contributed by atoms with Gasteiger partial charge in [0.1, 0.15) is 5.69 Å². The van der Waals surface area contributed by atoms with Crippen molar-refractivity contribution in [3.8, 4) is 0 Å². The Morgan fingerprint density at radius 3 is 2.86 bits per heavy atom. The highest BCUT2D eigenvalue weighted by atomic mass is 79.9. The lowest BCUT2D eigenvalue weighted by Gasteiger charge is -2.08. The predicted molar refractivity (Wildman–Crippen MR) is 89.8 cm³/mol. The first-order valence-electron chi connectivity index (χ1n) is 6.48. The molecule has 4 nitrogen and oxygen atoms in total. The molecule has 21 heavy (non-hydrogen) atoms. The standard InChI is InChI=1S/C16H16BrN3O/c1-3-7-18-12-6-8-19-15(10-12)16(21)20-13-5-4-11(2)14(17)9-13/h3-6,8-10H,1,7H2,2H3,(H,18,19)(H,20,21). The molecule has 0 aliphatic heterocycles. The van der Waals surface area contributed by atoms with E-state index in [4.69, 9.17) is 0 Å². The molecular weight excluding hydrogens is 330 g/mol. The summed E-state index contributed by atoms with van der Waals surface area (Å²) in [7, 11) is 0. The first-order chi connectivity index (χ1) is 10.1. The van der Waals surface area contributed by atoms with Crippen molar-refractivity contribution >= 4 is 33.2 Å². The van der Waals surface area contributed by atoms with E-state index in [0.29, 0.717) is 12.2 Å². The van der Waals surface area contributed by atoms with E-state index in [-0.39, 0.29) is 5.91 Å². The van der Waals surface area contributed by atoms with Crippen LogP contribution in [-0.2, 0) is 0 Å². The fourth-order valence-corrected chi connectivity index (χ4v) is 2.10. The van der Waals surface area contributed by atoms with Gasteiger partial charge in [-0.1, -0.05) is 28.1 Å². The third-order valence-corrected chi connectivity index (χ3v) is 3.73. The van der Waals surface area contributed by atoms with Gasteiger partial charge in [-0.05, 0) is 36.8 Å². The van der Waals surface area contributed by atoms with Crippen LogP contribution in [0.3, 0.4) is 0 Å². The SMILES string of the molecule is C=CCNc1ccnc(C(=O)Nc2ccc(C)c(Br)c2)c1. The zero-order valence-corrected chi connectivity index (χ0v) is 13.3. The van der Waals surface area contributed by atoms with Crippen LogP contribution < -0.4 is 10.6 Å². The van der Waals surface area contributed by atoms with Crippen molar-refractivity contribution in [2.75, 3.05) is 17.2 Å². The summed E-state index contributed by atoms with van der Waals surface area (Å²) in [6, 6.07) is 9.19.